The van der Waals surface area contributed by atoms with Gasteiger partial charge in [0.25, 0.3) is 0 Å². The van der Waals surface area contributed by atoms with Gasteiger partial charge in [-0.1, -0.05) is 42.5 Å². The maximum absolute atomic E-state index is 12.0. The molecule has 144 valence electrons. The molecular formula is C22H17BrN4O2. The summed E-state index contributed by atoms with van der Waals surface area (Å²) in [6, 6.07) is 20.3. The van der Waals surface area contributed by atoms with Gasteiger partial charge in [-0.2, -0.15) is 10.1 Å². The van der Waals surface area contributed by atoms with Crippen molar-refractivity contribution in [3.8, 4) is 5.75 Å². The summed E-state index contributed by atoms with van der Waals surface area (Å²) in [6.07, 6.45) is 1.77. The van der Waals surface area contributed by atoms with Gasteiger partial charge < -0.3 is 4.74 Å². The summed E-state index contributed by atoms with van der Waals surface area (Å²) >= 11 is 3.60. The molecule has 6 nitrogen and oxygen atoms in total. The molecule has 0 bridgehead atoms. The fourth-order valence-electron chi connectivity index (χ4n) is 3.60. The summed E-state index contributed by atoms with van der Waals surface area (Å²) in [5.74, 6) is 1.16. The van der Waals surface area contributed by atoms with E-state index in [0.717, 1.165) is 21.3 Å². The van der Waals surface area contributed by atoms with Crippen LogP contribution in [0, 0.1) is 0 Å². The molecule has 1 N–H and O–H groups in total. The highest BCUT2D eigenvalue weighted by Gasteiger charge is 2.28. The number of ether oxygens (including phenoxy) is 1. The first-order chi connectivity index (χ1) is 14.2. The number of hydrogen-bond acceptors (Lipinski definition) is 4. The minimum atomic E-state index is -0.188. The lowest BCUT2D eigenvalue weighted by Crippen LogP contribution is -2.29. The number of rotatable bonds is 4. The molecule has 0 radical (unpaired) electrons. The van der Waals surface area contributed by atoms with E-state index in [4.69, 9.17) is 4.74 Å². The van der Waals surface area contributed by atoms with Crippen molar-refractivity contribution in [2.75, 3.05) is 5.32 Å². The Labute approximate surface area is 175 Å². The number of nitrogens with one attached hydrogen (secondary N) is 1. The van der Waals surface area contributed by atoms with Gasteiger partial charge in [0, 0.05) is 0 Å². The molecule has 1 amide bonds. The Hall–Kier alpha value is -3.19. The summed E-state index contributed by atoms with van der Waals surface area (Å²) in [5, 5.41) is 9.39. The third-order valence-electron chi connectivity index (χ3n) is 5.05. The largest absolute Gasteiger partial charge is 0.488 e. The van der Waals surface area contributed by atoms with E-state index in [0.29, 0.717) is 19.0 Å². The second-order valence-corrected chi connectivity index (χ2v) is 7.81. The Morgan fingerprint density at radius 1 is 1.10 bits per heavy atom. The van der Waals surface area contributed by atoms with Crippen molar-refractivity contribution in [3.63, 3.8) is 0 Å². The van der Waals surface area contributed by atoms with E-state index in [9.17, 15) is 4.79 Å². The van der Waals surface area contributed by atoms with Crippen molar-refractivity contribution >= 4 is 38.6 Å². The van der Waals surface area contributed by atoms with Crippen LogP contribution in [0.4, 0.5) is 5.95 Å². The zero-order chi connectivity index (χ0) is 19.8. The number of carbonyl (C=O) groups is 1. The predicted molar refractivity (Wildman–Crippen MR) is 114 cm³/mol. The number of anilines is 1. The number of fused-ring (bicyclic) bond motifs is 2. The molecule has 0 fully saturated rings. The maximum Gasteiger partial charge on any atom is 0.229 e. The van der Waals surface area contributed by atoms with E-state index in [-0.39, 0.29) is 11.9 Å². The molecule has 5 rings (SSSR count). The Balaban J connectivity index is 1.35. The van der Waals surface area contributed by atoms with Crippen LogP contribution in [0.15, 0.2) is 71.5 Å². The first-order valence-corrected chi connectivity index (χ1v) is 10.1. The van der Waals surface area contributed by atoms with Gasteiger partial charge in [-0.25, -0.2) is 4.68 Å². The van der Waals surface area contributed by atoms with E-state index >= 15 is 0 Å². The van der Waals surface area contributed by atoms with Gasteiger partial charge in [-0.05, 0) is 56.0 Å². The minimum Gasteiger partial charge on any atom is -0.488 e. The molecule has 1 aliphatic heterocycles. The lowest BCUT2D eigenvalue weighted by molar-refractivity contribution is -0.117. The SMILES string of the molecule is O=C1CC(c2ccc(OCc3ccc4ccccc4c3)c(Br)c2)n2ncnc2N1. The van der Waals surface area contributed by atoms with Crippen LogP contribution in [0.2, 0.25) is 0 Å². The fourth-order valence-corrected chi connectivity index (χ4v) is 4.11. The number of aromatic nitrogens is 3. The molecule has 0 aliphatic carbocycles. The topological polar surface area (TPSA) is 69.0 Å². The van der Waals surface area contributed by atoms with Crippen LogP contribution in [-0.4, -0.2) is 20.7 Å². The zero-order valence-electron chi connectivity index (χ0n) is 15.4. The Bertz CT molecular complexity index is 1220. The van der Waals surface area contributed by atoms with Crippen LogP contribution >= 0.6 is 15.9 Å². The van der Waals surface area contributed by atoms with E-state index in [2.05, 4.69) is 61.7 Å². The highest BCUT2D eigenvalue weighted by atomic mass is 79.9. The van der Waals surface area contributed by atoms with Crippen LogP contribution in [0.1, 0.15) is 23.6 Å². The Morgan fingerprint density at radius 3 is 2.83 bits per heavy atom. The van der Waals surface area contributed by atoms with Crippen molar-refractivity contribution < 1.29 is 9.53 Å². The summed E-state index contributed by atoms with van der Waals surface area (Å²) < 4.78 is 8.60. The monoisotopic (exact) mass is 448 g/mol. The molecule has 0 saturated heterocycles. The summed E-state index contributed by atoms with van der Waals surface area (Å²) in [5.41, 5.74) is 2.08. The Morgan fingerprint density at radius 2 is 1.97 bits per heavy atom. The number of amides is 1. The van der Waals surface area contributed by atoms with E-state index in [1.54, 1.807) is 4.68 Å². The molecule has 0 saturated carbocycles. The van der Waals surface area contributed by atoms with E-state index < -0.39 is 0 Å². The molecule has 29 heavy (non-hydrogen) atoms. The van der Waals surface area contributed by atoms with Crippen LogP contribution in [-0.2, 0) is 11.4 Å². The second-order valence-electron chi connectivity index (χ2n) is 6.96. The van der Waals surface area contributed by atoms with Crippen molar-refractivity contribution in [2.45, 2.75) is 19.1 Å². The summed E-state index contributed by atoms with van der Waals surface area (Å²) in [4.78, 5) is 16.1. The number of nitrogens with zero attached hydrogens (tertiary/aromatic N) is 3. The zero-order valence-corrected chi connectivity index (χ0v) is 17.0. The van der Waals surface area contributed by atoms with Gasteiger partial charge in [0.15, 0.2) is 0 Å². The van der Waals surface area contributed by atoms with Crippen LogP contribution in [0.5, 0.6) is 5.75 Å². The smallest absolute Gasteiger partial charge is 0.229 e. The quantitative estimate of drug-likeness (QED) is 0.490. The molecule has 1 unspecified atom stereocenters. The van der Waals surface area contributed by atoms with E-state index in [1.807, 2.05) is 30.3 Å². The van der Waals surface area contributed by atoms with Crippen molar-refractivity contribution in [1.29, 1.82) is 0 Å². The van der Waals surface area contributed by atoms with Gasteiger partial charge in [-0.15, -0.1) is 0 Å². The highest BCUT2D eigenvalue weighted by molar-refractivity contribution is 9.10. The number of hydrogen-bond donors (Lipinski definition) is 1. The third-order valence-corrected chi connectivity index (χ3v) is 5.67. The summed E-state index contributed by atoms with van der Waals surface area (Å²) in [7, 11) is 0. The lowest BCUT2D eigenvalue weighted by Gasteiger charge is -2.24. The first-order valence-electron chi connectivity index (χ1n) is 9.27. The number of benzene rings is 3. The molecule has 3 aromatic carbocycles. The van der Waals surface area contributed by atoms with Gasteiger partial charge in [0.05, 0.1) is 16.9 Å². The average molecular weight is 449 g/mol. The standard InChI is InChI=1S/C22H17BrN4O2/c23-18-10-17(19-11-21(28)26-22-24-13-25-27(19)22)7-8-20(18)29-12-14-5-6-15-3-1-2-4-16(15)9-14/h1-10,13,19H,11-12H2,(H,24,25,26,28). The maximum atomic E-state index is 12.0. The molecule has 7 heteroatoms. The molecule has 1 aromatic heterocycles. The average Bonchev–Trinajstić information content (AvgIpc) is 3.20. The van der Waals surface area contributed by atoms with Gasteiger partial charge in [0.2, 0.25) is 11.9 Å². The molecule has 1 aliphatic rings. The second kappa shape index (κ2) is 7.33. The number of carbonyl (C=O) groups excluding carboxylic acids is 1. The summed E-state index contributed by atoms with van der Waals surface area (Å²) in [6.45, 7) is 0.474. The van der Waals surface area contributed by atoms with Crippen molar-refractivity contribution in [1.82, 2.24) is 14.8 Å². The molecule has 1 atom stereocenters. The third kappa shape index (κ3) is 3.49. The number of halogens is 1. The first kappa shape index (κ1) is 17.9. The minimum absolute atomic E-state index is 0.0664. The van der Waals surface area contributed by atoms with Crippen molar-refractivity contribution in [2.24, 2.45) is 0 Å². The van der Waals surface area contributed by atoms with Crippen molar-refractivity contribution in [3.05, 3.63) is 82.6 Å². The van der Waals surface area contributed by atoms with Crippen LogP contribution in [0.3, 0.4) is 0 Å². The molecule has 4 aromatic rings. The predicted octanol–water partition coefficient (Wildman–Crippen LogP) is 4.70. The molecule has 2 heterocycles. The fraction of sp³-hybridized carbons (Fsp3) is 0.136. The van der Waals surface area contributed by atoms with Crippen LogP contribution in [0.25, 0.3) is 10.8 Å². The van der Waals surface area contributed by atoms with Crippen LogP contribution < -0.4 is 10.1 Å². The normalized spacial score (nSPS) is 15.8. The lowest BCUT2D eigenvalue weighted by atomic mass is 10.0. The molecule has 0 spiro atoms. The molecular weight excluding hydrogens is 432 g/mol. The van der Waals surface area contributed by atoms with E-state index in [1.165, 1.54) is 17.1 Å². The van der Waals surface area contributed by atoms with Gasteiger partial charge in [-0.3, -0.25) is 10.1 Å². The highest BCUT2D eigenvalue weighted by Crippen LogP contribution is 2.34. The van der Waals surface area contributed by atoms with Gasteiger partial charge in [0.1, 0.15) is 18.7 Å². The Kier molecular flexibility index (Phi) is 4.52. The van der Waals surface area contributed by atoms with Gasteiger partial charge >= 0.3 is 0 Å².